The van der Waals surface area contributed by atoms with Crippen LogP contribution in [-0.4, -0.2) is 93.4 Å². The number of thiophene rings is 2. The van der Waals surface area contributed by atoms with Crippen molar-refractivity contribution >= 4 is 115 Å². The van der Waals surface area contributed by atoms with E-state index in [1.807, 2.05) is 34.8 Å². The monoisotopic (exact) mass is 898 g/mol. The first-order valence-electron chi connectivity index (χ1n) is 21.9. The maximum atomic E-state index is 5.75. The van der Waals surface area contributed by atoms with Crippen LogP contribution in [-0.2, 0) is 9.47 Å². The van der Waals surface area contributed by atoms with Crippen LogP contribution < -0.4 is 10.6 Å². The maximum absolute atomic E-state index is 5.75. The highest BCUT2D eigenvalue weighted by atomic mass is 32.1. The van der Waals surface area contributed by atoms with Gasteiger partial charge in [-0.3, -0.25) is 9.80 Å². The molecule has 1 atom stereocenters. The highest BCUT2D eigenvalue weighted by Crippen LogP contribution is 2.51. The fraction of sp³-hybridized carbons (Fsp3) is 0.375. The molecule has 0 bridgehead atoms. The first-order valence-corrected chi connectivity index (χ1v) is 25.3. The summed E-state index contributed by atoms with van der Waals surface area (Å²) in [6.45, 7) is 12.4. The van der Waals surface area contributed by atoms with Crippen molar-refractivity contribution < 1.29 is 9.47 Å². The van der Waals surface area contributed by atoms with Gasteiger partial charge in [0.25, 0.3) is 0 Å². The lowest BCUT2D eigenvalue weighted by molar-refractivity contribution is -0.0132. The summed E-state index contributed by atoms with van der Waals surface area (Å²) in [5.41, 5.74) is 12.0. The largest absolute Gasteiger partial charge is 0.381 e. The number of likely N-dealkylation sites (tertiary alicyclic amines) is 1. The molecule has 0 radical (unpaired) electrons. The normalized spacial score (nSPS) is 20.1. The van der Waals surface area contributed by atoms with Gasteiger partial charge in [0, 0.05) is 88.7 Å². The number of hydrogen-bond acceptors (Lipinski definition) is 14. The quantitative estimate of drug-likeness (QED) is 0.153. The van der Waals surface area contributed by atoms with Gasteiger partial charge in [-0.15, -0.1) is 45.3 Å². The number of aromatic nitrogens is 4. The van der Waals surface area contributed by atoms with Crippen LogP contribution in [0.2, 0.25) is 0 Å². The number of fused-ring (bicyclic) bond motifs is 4. The fourth-order valence-electron chi connectivity index (χ4n) is 10.7. The summed E-state index contributed by atoms with van der Waals surface area (Å²) in [7, 11) is 0. The molecule has 318 valence electrons. The van der Waals surface area contributed by atoms with Crippen LogP contribution in [0.4, 0.5) is 22.7 Å². The van der Waals surface area contributed by atoms with Gasteiger partial charge in [-0.25, -0.2) is 19.9 Å². The van der Waals surface area contributed by atoms with Crippen LogP contribution in [0.25, 0.3) is 46.4 Å². The number of thiazole rings is 2. The van der Waals surface area contributed by atoms with E-state index in [0.717, 1.165) is 115 Å². The zero-order valence-electron chi connectivity index (χ0n) is 35.1. The van der Waals surface area contributed by atoms with Crippen molar-refractivity contribution in [3.05, 3.63) is 99.9 Å². The summed E-state index contributed by atoms with van der Waals surface area (Å²) in [6.07, 6.45) is 11.9. The number of rotatable bonds is 8. The maximum Gasteiger partial charge on any atom is 0.125 e. The van der Waals surface area contributed by atoms with Crippen molar-refractivity contribution in [2.75, 3.05) is 63.2 Å². The minimum atomic E-state index is 0.108. The second kappa shape index (κ2) is 17.0. The lowest BCUT2D eigenvalue weighted by Gasteiger charge is -2.44. The number of hydrogen-bond donors (Lipinski definition) is 2. The second-order valence-electron chi connectivity index (χ2n) is 16.7. The molecular weight excluding hydrogens is 849 g/mol. The van der Waals surface area contributed by atoms with Gasteiger partial charge in [0.2, 0.25) is 0 Å². The first-order chi connectivity index (χ1) is 30.5. The summed E-state index contributed by atoms with van der Waals surface area (Å²) in [6, 6.07) is 21.6. The SMILES string of the molecule is CCN1CC=C(c2cc3c(Nc4ccc5scnc5c4)ccnc3s2)C12CCOCC2.CCN1CCC(c2cc3c(Nc4ccc5scnc5c4)ccnc3s2)C12CCOCC2. The molecule has 4 aliphatic rings. The first kappa shape index (κ1) is 40.4. The summed E-state index contributed by atoms with van der Waals surface area (Å²) >= 11 is 7.02. The second-order valence-corrected chi connectivity index (χ2v) is 20.5. The average molecular weight is 899 g/mol. The van der Waals surface area contributed by atoms with Crippen LogP contribution in [0.3, 0.4) is 0 Å². The molecule has 0 saturated carbocycles. The van der Waals surface area contributed by atoms with E-state index in [4.69, 9.17) is 19.4 Å². The molecule has 0 aliphatic carbocycles. The van der Waals surface area contributed by atoms with Crippen LogP contribution in [0.1, 0.15) is 61.6 Å². The zero-order chi connectivity index (χ0) is 41.7. The van der Waals surface area contributed by atoms with E-state index in [2.05, 4.69) is 111 Å². The Balaban J connectivity index is 0.000000139. The highest BCUT2D eigenvalue weighted by Gasteiger charge is 2.50. The number of pyridine rings is 2. The summed E-state index contributed by atoms with van der Waals surface area (Å²) < 4.78 is 13.9. The molecule has 6 aromatic heterocycles. The van der Waals surface area contributed by atoms with Gasteiger partial charge in [0.05, 0.1) is 48.4 Å². The predicted molar refractivity (Wildman–Crippen MR) is 260 cm³/mol. The van der Waals surface area contributed by atoms with Crippen molar-refractivity contribution in [2.24, 2.45) is 0 Å². The highest BCUT2D eigenvalue weighted by molar-refractivity contribution is 7.20. The Bertz CT molecular complexity index is 2900. The average Bonchev–Trinajstić information content (AvgIpc) is 4.17. The van der Waals surface area contributed by atoms with E-state index in [-0.39, 0.29) is 11.1 Å². The molecule has 10 nitrogen and oxygen atoms in total. The van der Waals surface area contributed by atoms with Gasteiger partial charge in [0.1, 0.15) is 9.66 Å². The van der Waals surface area contributed by atoms with Crippen molar-refractivity contribution in [1.82, 2.24) is 29.7 Å². The van der Waals surface area contributed by atoms with Crippen molar-refractivity contribution in [3.8, 4) is 0 Å². The van der Waals surface area contributed by atoms with Gasteiger partial charge in [-0.2, -0.15) is 0 Å². The number of ether oxygens (including phenoxy) is 2. The lowest BCUT2D eigenvalue weighted by Crippen LogP contribution is -2.50. The Hall–Kier alpha value is -4.38. The molecule has 2 spiro atoms. The molecule has 0 amide bonds. The lowest BCUT2D eigenvalue weighted by atomic mass is 9.77. The van der Waals surface area contributed by atoms with Crippen molar-refractivity contribution in [1.29, 1.82) is 0 Å². The Labute approximate surface area is 377 Å². The third-order valence-corrected chi connectivity index (χ3v) is 17.6. The van der Waals surface area contributed by atoms with Crippen molar-refractivity contribution in [2.45, 2.75) is 62.9 Å². The molecule has 14 heteroatoms. The Morgan fingerprint density at radius 3 is 1.90 bits per heavy atom. The third-order valence-electron chi connectivity index (χ3n) is 13.7. The van der Waals surface area contributed by atoms with E-state index >= 15 is 0 Å². The van der Waals surface area contributed by atoms with E-state index in [1.54, 1.807) is 34.0 Å². The fourth-order valence-corrected chi connectivity index (χ4v) is 14.4. The number of likely N-dealkylation sites (N-methyl/N-ethyl adjacent to an activating group) is 2. The molecule has 3 saturated heterocycles. The molecule has 3 fully saturated rings. The van der Waals surface area contributed by atoms with E-state index < -0.39 is 0 Å². The Morgan fingerprint density at radius 2 is 1.27 bits per heavy atom. The molecule has 1 unspecified atom stereocenters. The Morgan fingerprint density at radius 1 is 0.677 bits per heavy atom. The Kier molecular flexibility index (Phi) is 11.1. The van der Waals surface area contributed by atoms with Crippen LogP contribution in [0.5, 0.6) is 0 Å². The number of nitrogens with one attached hydrogen (secondary N) is 2. The third kappa shape index (κ3) is 7.22. The molecule has 62 heavy (non-hydrogen) atoms. The standard InChI is InChI=1S/C24H26N4OS2.C24H24N4OS2/c2*1-2-28-10-6-18(24(28)7-11-29-12-8-24)22-14-17-19(5-9-25-23(17)31-22)27-16-3-4-21-20(13-16)26-15-30-21/h3-5,9,13-15,18H,2,6-8,10-12H2,1H3,(H,25,27);3-6,9,13-15H,2,7-8,10-12H2,1H3,(H,25,27). The molecule has 12 rings (SSSR count). The smallest absolute Gasteiger partial charge is 0.125 e. The van der Waals surface area contributed by atoms with Gasteiger partial charge < -0.3 is 20.1 Å². The molecule has 4 aliphatic heterocycles. The van der Waals surface area contributed by atoms with Crippen LogP contribution >= 0.6 is 45.3 Å². The van der Waals surface area contributed by atoms with Crippen molar-refractivity contribution in [3.63, 3.8) is 0 Å². The van der Waals surface area contributed by atoms with Gasteiger partial charge >= 0.3 is 0 Å². The summed E-state index contributed by atoms with van der Waals surface area (Å²) in [5, 5.41) is 9.63. The van der Waals surface area contributed by atoms with Gasteiger partial charge in [-0.1, -0.05) is 19.9 Å². The molecule has 2 aromatic carbocycles. The molecule has 8 aromatic rings. The topological polar surface area (TPSA) is 101 Å². The minimum Gasteiger partial charge on any atom is -0.381 e. The van der Waals surface area contributed by atoms with E-state index in [9.17, 15) is 0 Å². The molecule has 2 N–H and O–H groups in total. The number of nitrogens with zero attached hydrogens (tertiary/aromatic N) is 6. The van der Waals surface area contributed by atoms with E-state index in [1.165, 1.54) is 48.5 Å². The van der Waals surface area contributed by atoms with Gasteiger partial charge in [-0.05, 0) is 118 Å². The van der Waals surface area contributed by atoms with E-state index in [0.29, 0.717) is 5.92 Å². The summed E-state index contributed by atoms with van der Waals surface area (Å²) in [5.74, 6) is 0.565. The molecule has 10 heterocycles. The molecular formula is C48H50N8O2S4. The minimum absolute atomic E-state index is 0.108. The number of anilines is 4. The predicted octanol–water partition coefficient (Wildman–Crippen LogP) is 11.9. The van der Waals surface area contributed by atoms with Crippen LogP contribution in [0, 0.1) is 0 Å². The number of benzene rings is 2. The summed E-state index contributed by atoms with van der Waals surface area (Å²) in [4.78, 5) is 28.7. The van der Waals surface area contributed by atoms with Gasteiger partial charge in [0.15, 0.2) is 0 Å². The zero-order valence-corrected chi connectivity index (χ0v) is 38.3. The van der Waals surface area contributed by atoms with Crippen LogP contribution in [0.15, 0.2) is 90.2 Å².